The Hall–Kier alpha value is -2.41. The molecule has 5 rings (SSSR count). The van der Waals surface area contributed by atoms with Gasteiger partial charge in [0.15, 0.2) is 0 Å². The van der Waals surface area contributed by atoms with Gasteiger partial charge in [0.1, 0.15) is 0 Å². The number of benzene rings is 1. The van der Waals surface area contributed by atoms with E-state index in [4.69, 9.17) is 0 Å². The van der Waals surface area contributed by atoms with Crippen LogP contribution in [0.4, 0.5) is 5.95 Å². The molecular weight excluding hydrogens is 418 g/mol. The molecule has 4 heterocycles. The van der Waals surface area contributed by atoms with Crippen molar-refractivity contribution in [2.24, 2.45) is 5.92 Å². The fraction of sp³-hybridized carbons (Fsp3) is 0.381. The summed E-state index contributed by atoms with van der Waals surface area (Å²) in [7, 11) is 0. The Kier molecular flexibility index (Phi) is 4.55. The number of hydrogen-bond donors (Lipinski definition) is 1. The van der Waals surface area contributed by atoms with Gasteiger partial charge in [-0.1, -0.05) is 12.1 Å². The standard InChI is InChI=1S/C21H22BrN5O/c22-17-4-1-3-15-16-13-27(12-7-18(16)25-19(15)17)20(28)14-5-10-26(11-6-14)21-23-8-2-9-24-21/h1-4,8-9,14,25H,5-7,10-13H2. The number of halogens is 1. The largest absolute Gasteiger partial charge is 0.357 e. The molecule has 1 N–H and O–H groups in total. The van der Waals surface area contributed by atoms with Crippen LogP contribution < -0.4 is 4.90 Å². The molecule has 0 radical (unpaired) electrons. The zero-order valence-electron chi connectivity index (χ0n) is 15.6. The number of nitrogens with one attached hydrogen (secondary N) is 1. The maximum Gasteiger partial charge on any atom is 0.226 e. The second kappa shape index (κ2) is 7.20. The van der Waals surface area contributed by atoms with Gasteiger partial charge in [0, 0.05) is 72.0 Å². The number of aromatic nitrogens is 3. The zero-order valence-corrected chi connectivity index (χ0v) is 17.2. The number of fused-ring (bicyclic) bond motifs is 3. The summed E-state index contributed by atoms with van der Waals surface area (Å²) in [5, 5.41) is 1.22. The van der Waals surface area contributed by atoms with Crippen molar-refractivity contribution in [3.05, 3.63) is 52.4 Å². The zero-order chi connectivity index (χ0) is 19.1. The highest BCUT2D eigenvalue weighted by Gasteiger charge is 2.32. The lowest BCUT2D eigenvalue weighted by atomic mass is 9.94. The van der Waals surface area contributed by atoms with Crippen LogP contribution in [0.1, 0.15) is 24.1 Å². The quantitative estimate of drug-likeness (QED) is 0.663. The van der Waals surface area contributed by atoms with Crippen molar-refractivity contribution < 1.29 is 4.79 Å². The van der Waals surface area contributed by atoms with E-state index >= 15 is 0 Å². The van der Waals surface area contributed by atoms with Gasteiger partial charge in [-0.15, -0.1) is 0 Å². The molecule has 1 aromatic carbocycles. The lowest BCUT2D eigenvalue weighted by Gasteiger charge is -2.35. The number of hydrogen-bond acceptors (Lipinski definition) is 4. The number of nitrogens with zero attached hydrogens (tertiary/aromatic N) is 4. The molecule has 6 nitrogen and oxygen atoms in total. The minimum absolute atomic E-state index is 0.0958. The van der Waals surface area contributed by atoms with E-state index in [0.717, 1.165) is 54.8 Å². The number of carbonyl (C=O) groups excluding carboxylic acids is 1. The number of H-pyrrole nitrogens is 1. The number of rotatable bonds is 2. The third kappa shape index (κ3) is 3.07. The molecule has 1 amide bonds. The number of amides is 1. The highest BCUT2D eigenvalue weighted by Crippen LogP contribution is 2.33. The predicted octanol–water partition coefficient (Wildman–Crippen LogP) is 3.52. The second-order valence-corrected chi connectivity index (χ2v) is 8.42. The second-order valence-electron chi connectivity index (χ2n) is 7.56. The number of anilines is 1. The molecule has 0 unspecified atom stereocenters. The van der Waals surface area contributed by atoms with E-state index in [1.54, 1.807) is 12.4 Å². The minimum atomic E-state index is 0.0958. The van der Waals surface area contributed by atoms with E-state index in [-0.39, 0.29) is 5.92 Å². The van der Waals surface area contributed by atoms with Crippen molar-refractivity contribution in [2.75, 3.05) is 24.5 Å². The Bertz CT molecular complexity index is 1010. The Morgan fingerprint density at radius 1 is 1.11 bits per heavy atom. The van der Waals surface area contributed by atoms with Crippen molar-refractivity contribution >= 4 is 38.7 Å². The van der Waals surface area contributed by atoms with Crippen LogP contribution in [0.5, 0.6) is 0 Å². The molecule has 7 heteroatoms. The van der Waals surface area contributed by atoms with Gasteiger partial charge in [0.2, 0.25) is 11.9 Å². The van der Waals surface area contributed by atoms with Gasteiger partial charge in [0.05, 0.1) is 5.52 Å². The molecule has 3 aromatic rings. The maximum absolute atomic E-state index is 13.2. The van der Waals surface area contributed by atoms with Gasteiger partial charge >= 0.3 is 0 Å². The first-order valence-corrected chi connectivity index (χ1v) is 10.6. The highest BCUT2D eigenvalue weighted by molar-refractivity contribution is 9.10. The predicted molar refractivity (Wildman–Crippen MR) is 112 cm³/mol. The molecule has 0 saturated carbocycles. The van der Waals surface area contributed by atoms with Crippen LogP contribution in [0.3, 0.4) is 0 Å². The average molecular weight is 440 g/mol. The number of piperidine rings is 1. The van der Waals surface area contributed by atoms with Crippen LogP contribution >= 0.6 is 15.9 Å². The van der Waals surface area contributed by atoms with Crippen LogP contribution in [0.2, 0.25) is 0 Å². The summed E-state index contributed by atoms with van der Waals surface area (Å²) < 4.78 is 1.08. The van der Waals surface area contributed by atoms with E-state index in [1.165, 1.54) is 16.6 Å². The van der Waals surface area contributed by atoms with Crippen LogP contribution in [0, 0.1) is 5.92 Å². The molecule has 0 aliphatic carbocycles. The van der Waals surface area contributed by atoms with E-state index in [9.17, 15) is 4.79 Å². The molecule has 0 spiro atoms. The molecule has 144 valence electrons. The third-order valence-corrected chi connectivity index (χ3v) is 6.61. The molecule has 2 aromatic heterocycles. The maximum atomic E-state index is 13.2. The number of para-hydroxylation sites is 1. The van der Waals surface area contributed by atoms with Crippen LogP contribution in [-0.2, 0) is 17.8 Å². The Labute approximate surface area is 172 Å². The molecular formula is C21H22BrN5O. The van der Waals surface area contributed by atoms with Crippen molar-refractivity contribution in [3.8, 4) is 0 Å². The van der Waals surface area contributed by atoms with Crippen LogP contribution in [0.15, 0.2) is 41.1 Å². The monoisotopic (exact) mass is 439 g/mol. The van der Waals surface area contributed by atoms with E-state index in [0.29, 0.717) is 12.5 Å². The normalized spacial score (nSPS) is 17.8. The summed E-state index contributed by atoms with van der Waals surface area (Å²) in [6.45, 7) is 3.16. The Balaban J connectivity index is 1.29. The van der Waals surface area contributed by atoms with Crippen LogP contribution in [-0.4, -0.2) is 45.4 Å². The van der Waals surface area contributed by atoms with E-state index < -0.39 is 0 Å². The molecule has 28 heavy (non-hydrogen) atoms. The third-order valence-electron chi connectivity index (χ3n) is 5.95. The molecule has 1 fully saturated rings. The summed E-state index contributed by atoms with van der Waals surface area (Å²) in [5.74, 6) is 1.16. The summed E-state index contributed by atoms with van der Waals surface area (Å²) in [5.41, 5.74) is 3.67. The average Bonchev–Trinajstić information content (AvgIpc) is 3.13. The lowest BCUT2D eigenvalue weighted by Crippen LogP contribution is -2.44. The Morgan fingerprint density at radius 2 is 1.89 bits per heavy atom. The first-order valence-electron chi connectivity index (χ1n) is 9.79. The van der Waals surface area contributed by atoms with Gasteiger partial charge in [-0.3, -0.25) is 4.79 Å². The van der Waals surface area contributed by atoms with E-state index in [1.807, 2.05) is 6.07 Å². The number of carbonyl (C=O) groups is 1. The van der Waals surface area contributed by atoms with E-state index in [2.05, 4.69) is 58.9 Å². The Morgan fingerprint density at radius 3 is 2.68 bits per heavy atom. The first-order chi connectivity index (χ1) is 13.7. The van der Waals surface area contributed by atoms with Gasteiger partial charge in [-0.2, -0.15) is 0 Å². The van der Waals surface area contributed by atoms with Crippen molar-refractivity contribution in [1.82, 2.24) is 19.9 Å². The fourth-order valence-corrected chi connectivity index (χ4v) is 4.89. The minimum Gasteiger partial charge on any atom is -0.357 e. The smallest absolute Gasteiger partial charge is 0.226 e. The lowest BCUT2D eigenvalue weighted by molar-refractivity contribution is -0.137. The summed E-state index contributed by atoms with van der Waals surface area (Å²) in [6, 6.07) is 8.08. The SMILES string of the molecule is O=C(C1CCN(c2ncccn2)CC1)N1CCc2[nH]c3c(Br)cccc3c2C1. The van der Waals surface area contributed by atoms with Gasteiger partial charge in [-0.25, -0.2) is 9.97 Å². The van der Waals surface area contributed by atoms with Crippen molar-refractivity contribution in [3.63, 3.8) is 0 Å². The van der Waals surface area contributed by atoms with Gasteiger partial charge in [0.25, 0.3) is 0 Å². The molecule has 0 atom stereocenters. The first kappa shape index (κ1) is 17.7. The van der Waals surface area contributed by atoms with Gasteiger partial charge in [-0.05, 0) is 40.9 Å². The summed E-state index contributed by atoms with van der Waals surface area (Å²) in [4.78, 5) is 29.6. The topological polar surface area (TPSA) is 65.1 Å². The molecule has 1 saturated heterocycles. The molecule has 2 aliphatic rings. The summed E-state index contributed by atoms with van der Waals surface area (Å²) in [6.07, 6.45) is 6.15. The number of aromatic amines is 1. The molecule has 0 bridgehead atoms. The summed E-state index contributed by atoms with van der Waals surface area (Å²) >= 11 is 3.63. The van der Waals surface area contributed by atoms with Crippen LogP contribution in [0.25, 0.3) is 10.9 Å². The molecule has 2 aliphatic heterocycles. The fourth-order valence-electron chi connectivity index (χ4n) is 4.43. The van der Waals surface area contributed by atoms with Crippen molar-refractivity contribution in [2.45, 2.75) is 25.8 Å². The van der Waals surface area contributed by atoms with Gasteiger partial charge < -0.3 is 14.8 Å². The highest BCUT2D eigenvalue weighted by atomic mass is 79.9. The van der Waals surface area contributed by atoms with Crippen molar-refractivity contribution in [1.29, 1.82) is 0 Å².